The molecule has 1 saturated heterocycles. The number of amides is 1. The van der Waals surface area contributed by atoms with Gasteiger partial charge in [0.15, 0.2) is 5.13 Å². The Morgan fingerprint density at radius 1 is 1.33 bits per heavy atom. The molecule has 4 nitrogen and oxygen atoms in total. The van der Waals surface area contributed by atoms with E-state index in [2.05, 4.69) is 10.3 Å². The fourth-order valence-corrected chi connectivity index (χ4v) is 3.59. The third kappa shape index (κ3) is 3.66. The van der Waals surface area contributed by atoms with Gasteiger partial charge in [0, 0.05) is 31.1 Å². The van der Waals surface area contributed by atoms with Crippen LogP contribution >= 0.6 is 22.9 Å². The summed E-state index contributed by atoms with van der Waals surface area (Å²) in [5, 5.41) is 4.78. The number of nitrogens with zero attached hydrogens (tertiary/aromatic N) is 2. The van der Waals surface area contributed by atoms with Crippen LogP contribution in [0.25, 0.3) is 10.2 Å². The van der Waals surface area contributed by atoms with Crippen molar-refractivity contribution in [2.24, 2.45) is 0 Å². The zero-order valence-electron chi connectivity index (χ0n) is 11.8. The Labute approximate surface area is 133 Å². The average Bonchev–Trinajstić information content (AvgIpc) is 2.89. The molecule has 1 amide bonds. The number of carbonyl (C=O) groups is 1. The number of hydrogen-bond acceptors (Lipinski definition) is 4. The molecule has 0 unspecified atom stereocenters. The molecule has 0 bridgehead atoms. The second kappa shape index (κ2) is 6.62. The molecule has 1 aliphatic rings. The van der Waals surface area contributed by atoms with Crippen LogP contribution in [-0.4, -0.2) is 35.4 Å². The van der Waals surface area contributed by atoms with Gasteiger partial charge in [0.05, 0.1) is 10.2 Å². The van der Waals surface area contributed by atoms with Gasteiger partial charge in [0.25, 0.3) is 0 Å². The summed E-state index contributed by atoms with van der Waals surface area (Å²) in [6.45, 7) is 2.46. The van der Waals surface area contributed by atoms with Gasteiger partial charge in [-0.3, -0.25) is 4.79 Å². The van der Waals surface area contributed by atoms with Crippen molar-refractivity contribution in [3.63, 3.8) is 0 Å². The molecule has 0 spiro atoms. The van der Waals surface area contributed by atoms with Crippen LogP contribution in [0.2, 0.25) is 5.02 Å². The minimum Gasteiger partial charge on any atom is -0.361 e. The van der Waals surface area contributed by atoms with Crippen molar-refractivity contribution in [3.8, 4) is 0 Å². The largest absolute Gasteiger partial charge is 0.361 e. The maximum Gasteiger partial charge on any atom is 0.224 e. The van der Waals surface area contributed by atoms with Crippen molar-refractivity contribution in [2.45, 2.75) is 25.7 Å². The summed E-state index contributed by atoms with van der Waals surface area (Å²) in [5.41, 5.74) is 0.900. The van der Waals surface area contributed by atoms with Crippen LogP contribution in [0.1, 0.15) is 25.7 Å². The van der Waals surface area contributed by atoms with E-state index < -0.39 is 0 Å². The molecule has 0 saturated carbocycles. The van der Waals surface area contributed by atoms with E-state index in [1.54, 1.807) is 11.3 Å². The predicted molar refractivity (Wildman–Crippen MR) is 88.2 cm³/mol. The topological polar surface area (TPSA) is 45.2 Å². The minimum absolute atomic E-state index is 0.242. The number of piperidine rings is 1. The van der Waals surface area contributed by atoms with Crippen LogP contribution in [0, 0.1) is 0 Å². The van der Waals surface area contributed by atoms with Crippen molar-refractivity contribution >= 4 is 44.2 Å². The SMILES string of the molecule is O=C(CCNc1nc2cc(Cl)ccc2s1)N1CCCCC1. The van der Waals surface area contributed by atoms with Crippen molar-refractivity contribution in [1.29, 1.82) is 0 Å². The van der Waals surface area contributed by atoms with E-state index in [1.807, 2.05) is 23.1 Å². The summed E-state index contributed by atoms with van der Waals surface area (Å²) in [7, 11) is 0. The van der Waals surface area contributed by atoms with Crippen molar-refractivity contribution in [2.75, 3.05) is 25.0 Å². The van der Waals surface area contributed by atoms with Gasteiger partial charge in [0.2, 0.25) is 5.91 Å². The van der Waals surface area contributed by atoms with Gasteiger partial charge in [-0.05, 0) is 37.5 Å². The normalized spacial score (nSPS) is 15.4. The van der Waals surface area contributed by atoms with E-state index in [-0.39, 0.29) is 5.91 Å². The highest BCUT2D eigenvalue weighted by atomic mass is 35.5. The summed E-state index contributed by atoms with van der Waals surface area (Å²) in [6.07, 6.45) is 4.04. The first-order valence-corrected chi connectivity index (χ1v) is 8.49. The zero-order valence-corrected chi connectivity index (χ0v) is 13.3. The van der Waals surface area contributed by atoms with Crippen molar-refractivity contribution < 1.29 is 4.79 Å². The number of fused-ring (bicyclic) bond motifs is 1. The number of rotatable bonds is 4. The fourth-order valence-electron chi connectivity index (χ4n) is 2.55. The van der Waals surface area contributed by atoms with E-state index in [1.165, 1.54) is 6.42 Å². The maximum atomic E-state index is 12.1. The van der Waals surface area contributed by atoms with Crippen LogP contribution < -0.4 is 5.32 Å². The minimum atomic E-state index is 0.242. The number of anilines is 1. The molecule has 1 fully saturated rings. The molecular formula is C15H18ClN3OS. The Balaban J connectivity index is 1.53. The summed E-state index contributed by atoms with van der Waals surface area (Å²) < 4.78 is 1.10. The lowest BCUT2D eigenvalue weighted by atomic mass is 10.1. The first kappa shape index (κ1) is 14.6. The van der Waals surface area contributed by atoms with E-state index >= 15 is 0 Å². The summed E-state index contributed by atoms with van der Waals surface area (Å²) in [5.74, 6) is 0.242. The number of halogens is 1. The molecule has 6 heteroatoms. The molecule has 0 atom stereocenters. The van der Waals surface area contributed by atoms with Crippen molar-refractivity contribution in [1.82, 2.24) is 9.88 Å². The van der Waals surface area contributed by atoms with Crippen LogP contribution in [0.5, 0.6) is 0 Å². The number of nitrogens with one attached hydrogen (secondary N) is 1. The number of carbonyl (C=O) groups excluding carboxylic acids is 1. The molecule has 2 heterocycles. The monoisotopic (exact) mass is 323 g/mol. The molecule has 1 aromatic carbocycles. The van der Waals surface area contributed by atoms with Crippen LogP contribution in [-0.2, 0) is 4.79 Å². The van der Waals surface area contributed by atoms with Gasteiger partial charge in [0.1, 0.15) is 0 Å². The quantitative estimate of drug-likeness (QED) is 0.931. The van der Waals surface area contributed by atoms with Crippen molar-refractivity contribution in [3.05, 3.63) is 23.2 Å². The van der Waals surface area contributed by atoms with Gasteiger partial charge in [-0.25, -0.2) is 4.98 Å². The van der Waals surface area contributed by atoms with E-state index in [0.29, 0.717) is 18.0 Å². The van der Waals surface area contributed by atoms with Gasteiger partial charge < -0.3 is 10.2 Å². The van der Waals surface area contributed by atoms with Crippen LogP contribution in [0.4, 0.5) is 5.13 Å². The number of benzene rings is 1. The lowest BCUT2D eigenvalue weighted by molar-refractivity contribution is -0.131. The molecule has 0 aliphatic carbocycles. The van der Waals surface area contributed by atoms with Crippen LogP contribution in [0.15, 0.2) is 18.2 Å². The average molecular weight is 324 g/mol. The second-order valence-corrected chi connectivity index (χ2v) is 6.72. The Morgan fingerprint density at radius 2 is 2.14 bits per heavy atom. The third-order valence-corrected chi connectivity index (χ3v) is 4.90. The van der Waals surface area contributed by atoms with Gasteiger partial charge in [-0.15, -0.1) is 0 Å². The van der Waals surface area contributed by atoms with Gasteiger partial charge >= 0.3 is 0 Å². The van der Waals surface area contributed by atoms with E-state index in [4.69, 9.17) is 11.6 Å². The molecular weight excluding hydrogens is 306 g/mol. The summed E-state index contributed by atoms with van der Waals surface area (Å²) in [6, 6.07) is 5.70. The number of thiazole rings is 1. The predicted octanol–water partition coefficient (Wildman–Crippen LogP) is 3.76. The maximum absolute atomic E-state index is 12.1. The first-order valence-electron chi connectivity index (χ1n) is 7.30. The lowest BCUT2D eigenvalue weighted by Gasteiger charge is -2.26. The highest BCUT2D eigenvalue weighted by Crippen LogP contribution is 2.27. The van der Waals surface area contributed by atoms with Gasteiger partial charge in [-0.1, -0.05) is 22.9 Å². The Morgan fingerprint density at radius 3 is 2.95 bits per heavy atom. The highest BCUT2D eigenvalue weighted by molar-refractivity contribution is 7.22. The highest BCUT2D eigenvalue weighted by Gasteiger charge is 2.15. The van der Waals surface area contributed by atoms with E-state index in [0.717, 1.165) is 41.3 Å². The standard InChI is InChI=1S/C15H18ClN3OS/c16-11-4-5-13-12(10-11)18-15(21-13)17-7-6-14(20)19-8-2-1-3-9-19/h4-5,10H,1-3,6-9H2,(H,17,18). The molecule has 2 aromatic rings. The molecule has 112 valence electrons. The molecule has 3 rings (SSSR count). The Kier molecular flexibility index (Phi) is 4.60. The number of hydrogen-bond donors (Lipinski definition) is 1. The Hall–Kier alpha value is -1.33. The summed E-state index contributed by atoms with van der Waals surface area (Å²) in [4.78, 5) is 18.5. The number of aromatic nitrogens is 1. The third-order valence-electron chi connectivity index (χ3n) is 3.67. The summed E-state index contributed by atoms with van der Waals surface area (Å²) >= 11 is 7.54. The zero-order chi connectivity index (χ0) is 14.7. The van der Waals surface area contributed by atoms with Gasteiger partial charge in [-0.2, -0.15) is 0 Å². The second-order valence-electron chi connectivity index (χ2n) is 5.25. The Bertz CT molecular complexity index is 637. The fraction of sp³-hybridized carbons (Fsp3) is 0.467. The van der Waals surface area contributed by atoms with Crippen LogP contribution in [0.3, 0.4) is 0 Å². The molecule has 1 aliphatic heterocycles. The molecule has 0 radical (unpaired) electrons. The molecule has 21 heavy (non-hydrogen) atoms. The van der Waals surface area contributed by atoms with E-state index in [9.17, 15) is 4.79 Å². The lowest BCUT2D eigenvalue weighted by Crippen LogP contribution is -2.36. The molecule has 1 N–H and O–H groups in total. The smallest absolute Gasteiger partial charge is 0.224 e. The first-order chi connectivity index (χ1) is 10.2. The number of likely N-dealkylation sites (tertiary alicyclic amines) is 1. The molecule has 1 aromatic heterocycles.